The molecule has 7 nitrogen and oxygen atoms in total. The van der Waals surface area contributed by atoms with Gasteiger partial charge in [-0.2, -0.15) is 0 Å². The number of likely N-dealkylation sites (tertiary alicyclic amines) is 1. The van der Waals surface area contributed by atoms with E-state index in [4.69, 9.17) is 4.98 Å². The van der Waals surface area contributed by atoms with E-state index in [-0.39, 0.29) is 36.8 Å². The van der Waals surface area contributed by atoms with Crippen LogP contribution in [-0.4, -0.2) is 58.0 Å². The zero-order chi connectivity index (χ0) is 18.5. The summed E-state index contributed by atoms with van der Waals surface area (Å²) in [6, 6.07) is 1.83. The van der Waals surface area contributed by atoms with Gasteiger partial charge in [0.05, 0.1) is 11.7 Å². The summed E-state index contributed by atoms with van der Waals surface area (Å²) in [7, 11) is 0. The molecule has 4 heterocycles. The molecule has 29 heavy (non-hydrogen) atoms. The molecule has 2 aliphatic rings. The molecule has 4 rings (SSSR count). The van der Waals surface area contributed by atoms with Gasteiger partial charge in [0.1, 0.15) is 0 Å². The minimum atomic E-state index is 0. The normalized spacial score (nSPS) is 21.8. The quantitative estimate of drug-likeness (QED) is 0.691. The summed E-state index contributed by atoms with van der Waals surface area (Å²) in [5.74, 6) is 1.37. The van der Waals surface area contributed by atoms with Crippen LogP contribution < -0.4 is 10.6 Å². The van der Waals surface area contributed by atoms with Crippen molar-refractivity contribution in [2.24, 2.45) is 5.92 Å². The fourth-order valence-electron chi connectivity index (χ4n) is 3.86. The second-order valence-electron chi connectivity index (χ2n) is 7.35. The Hall–Kier alpha value is -1.32. The summed E-state index contributed by atoms with van der Waals surface area (Å²) in [6.07, 6.45) is 7.89. The lowest BCUT2D eigenvalue weighted by Crippen LogP contribution is -2.45. The lowest BCUT2D eigenvalue weighted by molar-refractivity contribution is -0.123. The van der Waals surface area contributed by atoms with E-state index in [1.54, 1.807) is 23.7 Å². The van der Waals surface area contributed by atoms with Crippen LogP contribution in [0.3, 0.4) is 0 Å². The van der Waals surface area contributed by atoms with Crippen LogP contribution >= 0.6 is 36.2 Å². The minimum Gasteiger partial charge on any atom is -0.354 e. The second-order valence-corrected chi connectivity index (χ2v) is 8.21. The molecule has 2 aromatic heterocycles. The molecule has 2 fully saturated rings. The summed E-state index contributed by atoms with van der Waals surface area (Å²) in [5, 5.41) is 9.38. The first kappa shape index (κ1) is 24.0. The monoisotopic (exact) mass is 458 g/mol. The van der Waals surface area contributed by atoms with Crippen molar-refractivity contribution < 1.29 is 4.79 Å². The van der Waals surface area contributed by atoms with Crippen molar-refractivity contribution in [3.05, 3.63) is 29.5 Å². The molecule has 0 bridgehead atoms. The van der Waals surface area contributed by atoms with Gasteiger partial charge < -0.3 is 10.6 Å². The number of thiazole rings is 1. The molecule has 2 aliphatic heterocycles. The van der Waals surface area contributed by atoms with E-state index < -0.39 is 0 Å². The maximum absolute atomic E-state index is 12.2. The van der Waals surface area contributed by atoms with Crippen molar-refractivity contribution in [3.63, 3.8) is 0 Å². The first-order chi connectivity index (χ1) is 13.3. The molecule has 0 saturated carbocycles. The van der Waals surface area contributed by atoms with E-state index in [1.165, 1.54) is 12.8 Å². The summed E-state index contributed by atoms with van der Waals surface area (Å²) in [6.45, 7) is 4.67. The summed E-state index contributed by atoms with van der Waals surface area (Å²) >= 11 is 1.59. The van der Waals surface area contributed by atoms with E-state index >= 15 is 0 Å². The lowest BCUT2D eigenvalue weighted by atomic mass is 9.97. The third-order valence-corrected chi connectivity index (χ3v) is 6.13. The Morgan fingerprint density at radius 2 is 2.07 bits per heavy atom. The molecule has 160 valence electrons. The molecule has 2 unspecified atom stereocenters. The molecule has 2 aromatic rings. The summed E-state index contributed by atoms with van der Waals surface area (Å²) in [4.78, 5) is 27.9. The molecule has 10 heteroatoms. The molecule has 2 atom stereocenters. The Balaban J connectivity index is 0.00000150. The van der Waals surface area contributed by atoms with Gasteiger partial charge in [-0.05, 0) is 50.8 Å². The lowest BCUT2D eigenvalue weighted by Gasteiger charge is -2.32. The summed E-state index contributed by atoms with van der Waals surface area (Å²) < 4.78 is 0. The van der Waals surface area contributed by atoms with Gasteiger partial charge in [-0.15, -0.1) is 36.2 Å². The first-order valence-corrected chi connectivity index (χ1v) is 10.6. The molecule has 0 aliphatic carbocycles. The van der Waals surface area contributed by atoms with Crippen molar-refractivity contribution >= 4 is 42.1 Å². The highest BCUT2D eigenvalue weighted by Crippen LogP contribution is 2.23. The van der Waals surface area contributed by atoms with Crippen LogP contribution in [0, 0.1) is 5.92 Å². The van der Waals surface area contributed by atoms with Crippen molar-refractivity contribution in [3.8, 4) is 10.8 Å². The number of carbonyl (C=O) groups is 1. The van der Waals surface area contributed by atoms with Crippen LogP contribution in [0.1, 0.15) is 31.4 Å². The molecule has 2 N–H and O–H groups in total. The highest BCUT2D eigenvalue weighted by molar-refractivity contribution is 7.13. The highest BCUT2D eigenvalue weighted by atomic mass is 35.5. The molecular formula is C19H28Cl2N6OS. The Labute approximate surface area is 187 Å². The van der Waals surface area contributed by atoms with Gasteiger partial charge in [-0.3, -0.25) is 9.69 Å². The third kappa shape index (κ3) is 6.58. The smallest absolute Gasteiger partial charge is 0.237 e. The third-order valence-electron chi connectivity index (χ3n) is 5.24. The van der Waals surface area contributed by atoms with Gasteiger partial charge in [0.2, 0.25) is 5.91 Å². The predicted octanol–water partition coefficient (Wildman–Crippen LogP) is 2.52. The number of hydrogen-bond donors (Lipinski definition) is 2. The first-order valence-electron chi connectivity index (χ1n) is 9.73. The number of nitrogens with one attached hydrogen (secondary N) is 2. The van der Waals surface area contributed by atoms with E-state index in [2.05, 4.69) is 30.9 Å². The number of piperidine rings is 1. The Bertz CT molecular complexity index is 756. The van der Waals surface area contributed by atoms with Crippen LogP contribution in [-0.2, 0) is 11.3 Å². The average molecular weight is 459 g/mol. The fraction of sp³-hybridized carbons (Fsp3) is 0.579. The zero-order valence-corrected chi connectivity index (χ0v) is 18.7. The zero-order valence-electron chi connectivity index (χ0n) is 16.2. The van der Waals surface area contributed by atoms with Crippen LogP contribution in [0.5, 0.6) is 0 Å². The van der Waals surface area contributed by atoms with Gasteiger partial charge >= 0.3 is 0 Å². The largest absolute Gasteiger partial charge is 0.354 e. The van der Waals surface area contributed by atoms with Gasteiger partial charge in [-0.1, -0.05) is 0 Å². The van der Waals surface area contributed by atoms with Gasteiger partial charge in [0.15, 0.2) is 10.8 Å². The van der Waals surface area contributed by atoms with Crippen molar-refractivity contribution in [2.75, 3.05) is 26.2 Å². The maximum Gasteiger partial charge on any atom is 0.237 e. The Morgan fingerprint density at radius 1 is 1.24 bits per heavy atom. The predicted molar refractivity (Wildman–Crippen MR) is 120 cm³/mol. The van der Waals surface area contributed by atoms with Crippen LogP contribution in [0.4, 0.5) is 0 Å². The number of nitrogens with zero attached hydrogens (tertiary/aromatic N) is 4. The number of halogens is 2. The van der Waals surface area contributed by atoms with Crippen molar-refractivity contribution in [1.82, 2.24) is 30.5 Å². The number of rotatable bonds is 6. The molecule has 2 saturated heterocycles. The van der Waals surface area contributed by atoms with Crippen molar-refractivity contribution in [2.45, 2.75) is 38.3 Å². The fourth-order valence-corrected chi connectivity index (χ4v) is 4.61. The van der Waals surface area contributed by atoms with Crippen molar-refractivity contribution in [1.29, 1.82) is 0 Å². The molecule has 0 spiro atoms. The van der Waals surface area contributed by atoms with Crippen LogP contribution in [0.2, 0.25) is 0 Å². The van der Waals surface area contributed by atoms with E-state index in [1.807, 2.05) is 6.07 Å². The number of aromatic nitrogens is 3. The number of carbonyl (C=O) groups excluding carboxylic acids is 1. The number of hydrogen-bond acceptors (Lipinski definition) is 7. The number of amides is 1. The average Bonchev–Trinajstić information content (AvgIpc) is 3.39. The topological polar surface area (TPSA) is 83.0 Å². The molecular weight excluding hydrogens is 431 g/mol. The van der Waals surface area contributed by atoms with E-state index in [0.717, 1.165) is 56.3 Å². The molecule has 0 aromatic carbocycles. The maximum atomic E-state index is 12.2. The molecule has 1 amide bonds. The highest BCUT2D eigenvalue weighted by Gasteiger charge is 2.25. The second kappa shape index (κ2) is 11.8. The van der Waals surface area contributed by atoms with E-state index in [0.29, 0.717) is 11.7 Å². The van der Waals surface area contributed by atoms with Gasteiger partial charge in [-0.25, -0.2) is 15.0 Å². The van der Waals surface area contributed by atoms with Crippen LogP contribution in [0.25, 0.3) is 10.8 Å². The Morgan fingerprint density at radius 3 is 2.83 bits per heavy atom. The minimum absolute atomic E-state index is 0. The van der Waals surface area contributed by atoms with Gasteiger partial charge in [0.25, 0.3) is 0 Å². The van der Waals surface area contributed by atoms with Gasteiger partial charge in [0, 0.05) is 37.4 Å². The van der Waals surface area contributed by atoms with Crippen LogP contribution in [0.15, 0.2) is 23.8 Å². The molecule has 0 radical (unpaired) electrons. The summed E-state index contributed by atoms with van der Waals surface area (Å²) in [5.41, 5.74) is 1.07. The Kier molecular flexibility index (Phi) is 9.71. The SMILES string of the molecule is Cl.Cl.O=C(NCC1CCCN(Cc2csc(-c3ncccn3)n2)C1)C1CCCN1. The standard InChI is InChI=1S/C19H26N6OS.2ClH/c26-18(16-5-1-6-20-16)23-10-14-4-2-9-25(11-14)12-15-13-27-19(24-15)17-21-7-3-8-22-17;;/h3,7-8,13-14,16,20H,1-2,4-6,9-12H2,(H,23,26);2*1H. The van der Waals surface area contributed by atoms with E-state index in [9.17, 15) is 4.79 Å².